The standard InChI is InChI=1S/C23H23FN6O5/c1-12-7-19(32)29(2)20-14(12)3-4-16(24)15(20)5-6-25-8-13-10-30(23(33)35-13)17-9-26-22-21(27-17)28-18(31)11-34-22/h3-4,7,9,13,25H,5-6,8,10-11H2,1-2H3,(H,27,28,31). The minimum absolute atomic E-state index is 0.140. The van der Waals surface area contributed by atoms with Crippen LogP contribution in [-0.4, -0.2) is 58.9 Å². The van der Waals surface area contributed by atoms with Gasteiger partial charge in [0.1, 0.15) is 11.9 Å². The van der Waals surface area contributed by atoms with E-state index in [1.54, 1.807) is 13.1 Å². The maximum atomic E-state index is 14.7. The lowest BCUT2D eigenvalue weighted by atomic mass is 10.0. The third-order valence-electron chi connectivity index (χ3n) is 6.05. The maximum absolute atomic E-state index is 14.7. The highest BCUT2D eigenvalue weighted by atomic mass is 19.1. The minimum Gasteiger partial charge on any atom is -0.465 e. The molecule has 12 heteroatoms. The zero-order valence-corrected chi connectivity index (χ0v) is 19.1. The molecule has 2 aromatic heterocycles. The molecule has 182 valence electrons. The Kier molecular flexibility index (Phi) is 5.81. The predicted octanol–water partition coefficient (Wildman–Crippen LogP) is 1.26. The van der Waals surface area contributed by atoms with Crippen LogP contribution < -0.4 is 25.8 Å². The molecule has 1 fully saturated rings. The molecule has 1 atom stereocenters. The van der Waals surface area contributed by atoms with Crippen LogP contribution in [0.5, 0.6) is 5.88 Å². The fraction of sp³-hybridized carbons (Fsp3) is 0.348. The van der Waals surface area contributed by atoms with Crippen LogP contribution in [-0.2, 0) is 23.0 Å². The number of nitrogens with zero attached hydrogens (tertiary/aromatic N) is 4. The van der Waals surface area contributed by atoms with Crippen molar-refractivity contribution >= 4 is 34.5 Å². The van der Waals surface area contributed by atoms with Gasteiger partial charge in [-0.3, -0.25) is 14.5 Å². The fourth-order valence-electron chi connectivity index (χ4n) is 4.30. The van der Waals surface area contributed by atoms with E-state index in [2.05, 4.69) is 20.6 Å². The lowest BCUT2D eigenvalue weighted by Gasteiger charge is -2.18. The molecular weight excluding hydrogens is 459 g/mol. The van der Waals surface area contributed by atoms with Gasteiger partial charge in [-0.2, -0.15) is 0 Å². The summed E-state index contributed by atoms with van der Waals surface area (Å²) >= 11 is 0. The number of rotatable bonds is 6. The Balaban J connectivity index is 1.22. The van der Waals surface area contributed by atoms with Gasteiger partial charge in [-0.05, 0) is 37.6 Å². The van der Waals surface area contributed by atoms with Crippen molar-refractivity contribution in [3.05, 3.63) is 51.7 Å². The Labute approximate surface area is 198 Å². The lowest BCUT2D eigenvalue weighted by Crippen LogP contribution is -2.33. The van der Waals surface area contributed by atoms with Crippen LogP contribution in [0, 0.1) is 12.7 Å². The number of ether oxygens (including phenoxy) is 2. The zero-order chi connectivity index (χ0) is 24.7. The molecular formula is C23H23FN6O5. The number of carbonyl (C=O) groups is 2. The van der Waals surface area contributed by atoms with E-state index in [1.807, 2.05) is 6.92 Å². The van der Waals surface area contributed by atoms with E-state index in [1.165, 1.54) is 27.8 Å². The van der Waals surface area contributed by atoms with E-state index in [-0.39, 0.29) is 48.0 Å². The third kappa shape index (κ3) is 4.28. The SMILES string of the molecule is Cc1cc(=O)n(C)c2c(CCNCC3CN(c4cnc5c(n4)NC(=O)CO5)C(=O)O3)c(F)ccc12. The van der Waals surface area contributed by atoms with Crippen LogP contribution in [0.3, 0.4) is 0 Å². The first-order valence-electron chi connectivity index (χ1n) is 11.1. The van der Waals surface area contributed by atoms with E-state index in [0.717, 1.165) is 10.9 Å². The Bertz CT molecular complexity index is 1410. The average Bonchev–Trinajstić information content (AvgIpc) is 3.20. The van der Waals surface area contributed by atoms with E-state index < -0.39 is 12.2 Å². The van der Waals surface area contributed by atoms with Crippen molar-refractivity contribution in [2.75, 3.05) is 36.5 Å². The van der Waals surface area contributed by atoms with Crippen molar-refractivity contribution in [2.45, 2.75) is 19.4 Å². The predicted molar refractivity (Wildman–Crippen MR) is 124 cm³/mol. The number of carbonyl (C=O) groups excluding carboxylic acids is 2. The second-order valence-electron chi connectivity index (χ2n) is 8.44. The molecule has 2 aliphatic rings. The molecule has 1 aromatic carbocycles. The minimum atomic E-state index is -0.584. The van der Waals surface area contributed by atoms with Crippen molar-refractivity contribution in [3.8, 4) is 5.88 Å². The number of aryl methyl sites for hydroxylation is 2. The number of fused-ring (bicyclic) bond motifs is 2. The molecule has 0 saturated carbocycles. The zero-order valence-electron chi connectivity index (χ0n) is 19.1. The molecule has 1 unspecified atom stereocenters. The molecule has 11 nitrogen and oxygen atoms in total. The molecule has 0 spiro atoms. The Morgan fingerprint density at radius 3 is 2.94 bits per heavy atom. The van der Waals surface area contributed by atoms with E-state index in [4.69, 9.17) is 9.47 Å². The van der Waals surface area contributed by atoms with Crippen LogP contribution in [0.15, 0.2) is 29.2 Å². The van der Waals surface area contributed by atoms with Gasteiger partial charge in [-0.15, -0.1) is 0 Å². The first-order chi connectivity index (χ1) is 16.8. The summed E-state index contributed by atoms with van der Waals surface area (Å²) < 4.78 is 26.7. The summed E-state index contributed by atoms with van der Waals surface area (Å²) in [4.78, 5) is 45.8. The number of amides is 2. The van der Waals surface area contributed by atoms with Gasteiger partial charge in [0, 0.05) is 30.6 Å². The molecule has 35 heavy (non-hydrogen) atoms. The van der Waals surface area contributed by atoms with Gasteiger partial charge < -0.3 is 24.7 Å². The van der Waals surface area contributed by atoms with E-state index in [0.29, 0.717) is 30.6 Å². The number of nitrogens with one attached hydrogen (secondary N) is 2. The highest BCUT2D eigenvalue weighted by Gasteiger charge is 2.34. The van der Waals surface area contributed by atoms with Crippen LogP contribution in [0.1, 0.15) is 11.1 Å². The number of halogens is 1. The molecule has 0 radical (unpaired) electrons. The van der Waals surface area contributed by atoms with Crippen molar-refractivity contribution in [2.24, 2.45) is 7.05 Å². The average molecular weight is 482 g/mol. The quantitative estimate of drug-likeness (QED) is 0.503. The van der Waals surface area contributed by atoms with Gasteiger partial charge in [-0.25, -0.2) is 19.2 Å². The van der Waals surface area contributed by atoms with E-state index >= 15 is 0 Å². The molecule has 5 rings (SSSR count). The number of hydrogen-bond acceptors (Lipinski definition) is 8. The van der Waals surface area contributed by atoms with Crippen LogP contribution in [0.4, 0.5) is 20.8 Å². The van der Waals surface area contributed by atoms with Gasteiger partial charge in [0.05, 0.1) is 18.3 Å². The molecule has 4 heterocycles. The number of anilines is 2. The highest BCUT2D eigenvalue weighted by Crippen LogP contribution is 2.27. The maximum Gasteiger partial charge on any atom is 0.416 e. The lowest BCUT2D eigenvalue weighted by molar-refractivity contribution is -0.118. The van der Waals surface area contributed by atoms with Gasteiger partial charge in [0.15, 0.2) is 18.2 Å². The number of pyridine rings is 1. The molecule has 2 N–H and O–H groups in total. The van der Waals surface area contributed by atoms with Crippen molar-refractivity contribution < 1.29 is 23.5 Å². The summed E-state index contributed by atoms with van der Waals surface area (Å²) in [6, 6.07) is 4.64. The Hall–Kier alpha value is -4.06. The molecule has 3 aromatic rings. The summed E-state index contributed by atoms with van der Waals surface area (Å²) in [6.45, 7) is 2.67. The van der Waals surface area contributed by atoms with Crippen LogP contribution in [0.25, 0.3) is 10.9 Å². The molecule has 2 amide bonds. The van der Waals surface area contributed by atoms with Crippen molar-refractivity contribution in [3.63, 3.8) is 0 Å². The monoisotopic (exact) mass is 482 g/mol. The van der Waals surface area contributed by atoms with Gasteiger partial charge in [0.25, 0.3) is 17.3 Å². The van der Waals surface area contributed by atoms with Crippen molar-refractivity contribution in [1.29, 1.82) is 0 Å². The van der Waals surface area contributed by atoms with E-state index in [9.17, 15) is 18.8 Å². The second kappa shape index (κ2) is 8.95. The molecule has 2 aliphatic heterocycles. The van der Waals surface area contributed by atoms with Crippen molar-refractivity contribution in [1.82, 2.24) is 19.9 Å². The van der Waals surface area contributed by atoms with Crippen LogP contribution >= 0.6 is 0 Å². The highest BCUT2D eigenvalue weighted by molar-refractivity contribution is 5.94. The normalized spacial score (nSPS) is 17.2. The largest absolute Gasteiger partial charge is 0.465 e. The van der Waals surface area contributed by atoms with Gasteiger partial charge in [0.2, 0.25) is 0 Å². The summed E-state index contributed by atoms with van der Waals surface area (Å²) in [5, 5.41) is 6.58. The number of hydrogen-bond donors (Lipinski definition) is 2. The van der Waals surface area contributed by atoms with Crippen LogP contribution in [0.2, 0.25) is 0 Å². The van der Waals surface area contributed by atoms with Gasteiger partial charge in [-0.1, -0.05) is 0 Å². The summed E-state index contributed by atoms with van der Waals surface area (Å²) in [7, 11) is 1.63. The van der Waals surface area contributed by atoms with Gasteiger partial charge >= 0.3 is 6.09 Å². The smallest absolute Gasteiger partial charge is 0.416 e. The third-order valence-corrected chi connectivity index (χ3v) is 6.05. The topological polar surface area (TPSA) is 128 Å². The molecule has 1 saturated heterocycles. The fourth-order valence-corrected chi connectivity index (χ4v) is 4.30. The number of cyclic esters (lactones) is 1. The summed E-state index contributed by atoms with van der Waals surface area (Å²) in [5.74, 6) is -0.160. The first-order valence-corrected chi connectivity index (χ1v) is 11.1. The molecule has 0 bridgehead atoms. The summed E-state index contributed by atoms with van der Waals surface area (Å²) in [6.07, 6.45) is 0.679. The Morgan fingerprint density at radius 1 is 1.29 bits per heavy atom. The Morgan fingerprint density at radius 2 is 2.11 bits per heavy atom. The summed E-state index contributed by atoms with van der Waals surface area (Å²) in [5.41, 5.74) is 1.64. The number of aromatic nitrogens is 3. The molecule has 0 aliphatic carbocycles. The number of benzene rings is 1. The first kappa shape index (κ1) is 22.7. The second-order valence-corrected chi connectivity index (χ2v) is 8.44.